The van der Waals surface area contributed by atoms with Crippen molar-refractivity contribution < 1.29 is 9.53 Å². The molecule has 0 aromatic heterocycles. The van der Waals surface area contributed by atoms with E-state index < -0.39 is 0 Å². The lowest BCUT2D eigenvalue weighted by atomic mass is 10.3. The summed E-state index contributed by atoms with van der Waals surface area (Å²) in [6.45, 7) is 0.653. The van der Waals surface area contributed by atoms with E-state index in [1.165, 1.54) is 0 Å². The maximum Gasteiger partial charge on any atom is 0.139 e. The molecule has 0 bridgehead atoms. The number of carbonyl (C=O) groups excluding carboxylic acids is 1. The molecule has 1 aliphatic heterocycles. The molecule has 0 amide bonds. The van der Waals surface area contributed by atoms with Gasteiger partial charge in [-0.2, -0.15) is 0 Å². The number of epoxide rings is 1. The van der Waals surface area contributed by atoms with Crippen molar-refractivity contribution in [2.75, 3.05) is 6.61 Å². The Hall–Kier alpha value is -0.410. The third-order valence-electron chi connectivity index (χ3n) is 0.946. The third kappa shape index (κ3) is 0.976. The fourth-order valence-corrected chi connectivity index (χ4v) is 0.365. The molecule has 1 heterocycles. The molecule has 3 nitrogen and oxygen atoms in total. The smallest absolute Gasteiger partial charge is 0.139 e. The highest BCUT2D eigenvalue weighted by Crippen LogP contribution is 2.09. The Labute approximate surface area is 41.4 Å². The standard InChI is InChI=1S/C4H7NO2/c5-3(1-6)4-2-7-4/h1,3-4H,2,5H2. The van der Waals surface area contributed by atoms with E-state index in [4.69, 9.17) is 10.5 Å². The van der Waals surface area contributed by atoms with Crippen molar-refractivity contribution in [3.63, 3.8) is 0 Å². The van der Waals surface area contributed by atoms with Crippen LogP contribution in [0, 0.1) is 0 Å². The van der Waals surface area contributed by atoms with Crippen LogP contribution in [0.4, 0.5) is 0 Å². The highest BCUT2D eigenvalue weighted by atomic mass is 16.6. The number of carbonyl (C=O) groups is 1. The summed E-state index contributed by atoms with van der Waals surface area (Å²) >= 11 is 0. The molecule has 1 rings (SSSR count). The van der Waals surface area contributed by atoms with E-state index >= 15 is 0 Å². The van der Waals surface area contributed by atoms with Crippen LogP contribution in [0.15, 0.2) is 0 Å². The first-order valence-electron chi connectivity index (χ1n) is 2.17. The van der Waals surface area contributed by atoms with Crippen LogP contribution >= 0.6 is 0 Å². The molecule has 2 unspecified atom stereocenters. The fraction of sp³-hybridized carbons (Fsp3) is 0.750. The van der Waals surface area contributed by atoms with Gasteiger partial charge in [-0.15, -0.1) is 0 Å². The lowest BCUT2D eigenvalue weighted by Crippen LogP contribution is -2.27. The molecule has 0 aliphatic carbocycles. The van der Waals surface area contributed by atoms with E-state index in [2.05, 4.69) is 0 Å². The van der Waals surface area contributed by atoms with Crippen molar-refractivity contribution in [2.24, 2.45) is 5.73 Å². The first-order chi connectivity index (χ1) is 3.34. The van der Waals surface area contributed by atoms with E-state index in [0.717, 1.165) is 0 Å². The molecule has 0 aromatic rings. The molecule has 1 fully saturated rings. The summed E-state index contributed by atoms with van der Waals surface area (Å²) in [4.78, 5) is 9.78. The molecular weight excluding hydrogens is 94.0 g/mol. The average Bonchev–Trinajstić information content (AvgIpc) is 2.44. The van der Waals surface area contributed by atoms with Crippen molar-refractivity contribution in [2.45, 2.75) is 12.1 Å². The Morgan fingerprint density at radius 3 is 2.71 bits per heavy atom. The summed E-state index contributed by atoms with van der Waals surface area (Å²) < 4.78 is 4.70. The van der Waals surface area contributed by atoms with Crippen molar-refractivity contribution >= 4 is 6.29 Å². The number of hydrogen-bond acceptors (Lipinski definition) is 3. The lowest BCUT2D eigenvalue weighted by Gasteiger charge is -1.91. The minimum absolute atomic E-state index is 0.0255. The summed E-state index contributed by atoms with van der Waals surface area (Å²) in [7, 11) is 0. The van der Waals surface area contributed by atoms with E-state index in [0.29, 0.717) is 12.9 Å². The van der Waals surface area contributed by atoms with E-state index in [9.17, 15) is 4.79 Å². The Bertz CT molecular complexity index is 79.8. The maximum absolute atomic E-state index is 9.78. The predicted octanol–water partition coefficient (Wildman–Crippen LogP) is -1.09. The third-order valence-corrected chi connectivity index (χ3v) is 0.946. The molecule has 1 aliphatic rings. The van der Waals surface area contributed by atoms with Crippen LogP contribution in [0.5, 0.6) is 0 Å². The van der Waals surface area contributed by atoms with Crippen molar-refractivity contribution in [3.05, 3.63) is 0 Å². The van der Waals surface area contributed by atoms with Crippen LogP contribution < -0.4 is 5.73 Å². The normalized spacial score (nSPS) is 31.9. The van der Waals surface area contributed by atoms with Crippen molar-refractivity contribution in [3.8, 4) is 0 Å². The molecule has 40 valence electrons. The molecule has 0 saturated carbocycles. The quantitative estimate of drug-likeness (QED) is 0.355. The van der Waals surface area contributed by atoms with Crippen LogP contribution in [0.3, 0.4) is 0 Å². The fourth-order valence-electron chi connectivity index (χ4n) is 0.365. The van der Waals surface area contributed by atoms with Gasteiger partial charge in [0.25, 0.3) is 0 Å². The van der Waals surface area contributed by atoms with Crippen LogP contribution in [-0.4, -0.2) is 25.0 Å². The lowest BCUT2D eigenvalue weighted by molar-refractivity contribution is -0.109. The second-order valence-electron chi connectivity index (χ2n) is 1.59. The zero-order valence-electron chi connectivity index (χ0n) is 3.83. The number of aldehydes is 1. The van der Waals surface area contributed by atoms with Gasteiger partial charge in [-0.1, -0.05) is 0 Å². The zero-order chi connectivity index (χ0) is 5.28. The van der Waals surface area contributed by atoms with Gasteiger partial charge in [0.1, 0.15) is 12.4 Å². The van der Waals surface area contributed by atoms with Gasteiger partial charge >= 0.3 is 0 Å². The molecule has 2 N–H and O–H groups in total. The number of nitrogens with two attached hydrogens (primary N) is 1. The largest absolute Gasteiger partial charge is 0.371 e. The summed E-state index contributed by atoms with van der Waals surface area (Å²) in [5, 5.41) is 0. The maximum atomic E-state index is 9.78. The Kier molecular flexibility index (Phi) is 1.08. The van der Waals surface area contributed by atoms with Crippen LogP contribution in [0.25, 0.3) is 0 Å². The zero-order valence-corrected chi connectivity index (χ0v) is 3.83. The molecule has 0 radical (unpaired) electrons. The van der Waals surface area contributed by atoms with Crippen LogP contribution in [0.2, 0.25) is 0 Å². The number of rotatable bonds is 2. The topological polar surface area (TPSA) is 55.6 Å². The summed E-state index contributed by atoms with van der Waals surface area (Å²) in [5.41, 5.74) is 5.19. The highest BCUT2D eigenvalue weighted by Gasteiger charge is 2.29. The Balaban J connectivity index is 2.22. The van der Waals surface area contributed by atoms with Crippen molar-refractivity contribution in [1.82, 2.24) is 0 Å². The second-order valence-corrected chi connectivity index (χ2v) is 1.59. The molecule has 0 aromatic carbocycles. The van der Waals surface area contributed by atoms with Crippen LogP contribution in [-0.2, 0) is 9.53 Å². The monoisotopic (exact) mass is 101 g/mol. The molecule has 7 heavy (non-hydrogen) atoms. The van der Waals surface area contributed by atoms with Gasteiger partial charge in [-0.05, 0) is 0 Å². The van der Waals surface area contributed by atoms with Crippen LogP contribution in [0.1, 0.15) is 0 Å². The molecule has 2 atom stereocenters. The second kappa shape index (κ2) is 1.60. The first kappa shape index (κ1) is 4.74. The predicted molar refractivity (Wildman–Crippen MR) is 23.8 cm³/mol. The molecule has 1 saturated heterocycles. The van der Waals surface area contributed by atoms with Gasteiger partial charge in [-0.3, -0.25) is 0 Å². The van der Waals surface area contributed by atoms with Gasteiger partial charge in [0.2, 0.25) is 0 Å². The van der Waals surface area contributed by atoms with E-state index in [-0.39, 0.29) is 12.1 Å². The summed E-state index contributed by atoms with van der Waals surface area (Å²) in [6, 6.07) is -0.389. The minimum atomic E-state index is -0.389. The first-order valence-corrected chi connectivity index (χ1v) is 2.17. The van der Waals surface area contributed by atoms with Gasteiger partial charge in [0, 0.05) is 0 Å². The molecule has 0 spiro atoms. The average molecular weight is 101 g/mol. The molecule has 3 heteroatoms. The van der Waals surface area contributed by atoms with Gasteiger partial charge in [0.15, 0.2) is 0 Å². The van der Waals surface area contributed by atoms with Gasteiger partial charge < -0.3 is 15.3 Å². The summed E-state index contributed by atoms with van der Waals surface area (Å²) in [6.07, 6.45) is 0.731. The number of hydrogen-bond donors (Lipinski definition) is 1. The highest BCUT2D eigenvalue weighted by molar-refractivity contribution is 5.58. The minimum Gasteiger partial charge on any atom is -0.371 e. The van der Waals surface area contributed by atoms with Gasteiger partial charge in [-0.25, -0.2) is 0 Å². The van der Waals surface area contributed by atoms with Gasteiger partial charge in [0.05, 0.1) is 12.6 Å². The molecular formula is C4H7NO2. The van der Waals surface area contributed by atoms with E-state index in [1.807, 2.05) is 0 Å². The Morgan fingerprint density at radius 2 is 2.57 bits per heavy atom. The van der Waals surface area contributed by atoms with E-state index in [1.54, 1.807) is 0 Å². The van der Waals surface area contributed by atoms with Crippen molar-refractivity contribution in [1.29, 1.82) is 0 Å². The summed E-state index contributed by atoms with van der Waals surface area (Å²) in [5.74, 6) is 0. The SMILES string of the molecule is NC(C=O)C1CO1. The number of ether oxygens (including phenoxy) is 1. The Morgan fingerprint density at radius 1 is 2.00 bits per heavy atom.